The molecule has 2 heteroatoms. The van der Waals surface area contributed by atoms with Gasteiger partial charge < -0.3 is 0 Å². The van der Waals surface area contributed by atoms with Gasteiger partial charge >= 0.3 is 0 Å². The summed E-state index contributed by atoms with van der Waals surface area (Å²) in [7, 11) is 0. The second-order valence-corrected chi connectivity index (χ2v) is 3.24. The third-order valence-corrected chi connectivity index (χ3v) is 2.34. The number of rotatable bonds is 3. The van der Waals surface area contributed by atoms with E-state index in [1.807, 2.05) is 0 Å². The summed E-state index contributed by atoms with van der Waals surface area (Å²) in [6, 6.07) is 2.18. The molecule has 1 aliphatic rings. The normalized spacial score (nSPS) is 23.1. The van der Waals surface area contributed by atoms with Gasteiger partial charge in [0.2, 0.25) is 0 Å². The lowest BCUT2D eigenvalue weighted by Crippen LogP contribution is -2.35. The Morgan fingerprint density at radius 3 is 3.00 bits per heavy atom. The summed E-state index contributed by atoms with van der Waals surface area (Å²) in [6.07, 6.45) is 12.6. The van der Waals surface area contributed by atoms with Gasteiger partial charge in [-0.15, -0.1) is 6.42 Å². The van der Waals surface area contributed by atoms with E-state index in [4.69, 9.17) is 11.7 Å². The SMILES string of the molecule is C#CCNC(C#N)C1CC=CCC1. The van der Waals surface area contributed by atoms with E-state index in [0.29, 0.717) is 12.5 Å². The van der Waals surface area contributed by atoms with Crippen molar-refractivity contribution in [1.29, 1.82) is 5.26 Å². The van der Waals surface area contributed by atoms with Crippen molar-refractivity contribution in [3.05, 3.63) is 12.2 Å². The zero-order valence-corrected chi connectivity index (χ0v) is 7.66. The highest BCUT2D eigenvalue weighted by Gasteiger charge is 2.20. The first-order valence-electron chi connectivity index (χ1n) is 4.60. The molecule has 0 radical (unpaired) electrons. The number of nitriles is 1. The fourth-order valence-electron chi connectivity index (χ4n) is 1.61. The van der Waals surface area contributed by atoms with Crippen molar-refractivity contribution in [3.8, 4) is 18.4 Å². The van der Waals surface area contributed by atoms with Crippen molar-refractivity contribution in [3.63, 3.8) is 0 Å². The van der Waals surface area contributed by atoms with Gasteiger partial charge in [-0.3, -0.25) is 5.32 Å². The van der Waals surface area contributed by atoms with Gasteiger partial charge in [-0.1, -0.05) is 18.1 Å². The number of nitrogens with one attached hydrogen (secondary N) is 1. The summed E-state index contributed by atoms with van der Waals surface area (Å²) in [5.74, 6) is 2.92. The molecular weight excluding hydrogens is 160 g/mol. The van der Waals surface area contributed by atoms with Gasteiger partial charge in [-0.2, -0.15) is 5.26 Å². The minimum Gasteiger partial charge on any atom is -0.291 e. The topological polar surface area (TPSA) is 35.8 Å². The number of terminal acetylenes is 1. The van der Waals surface area contributed by atoms with Crippen LogP contribution in [0.3, 0.4) is 0 Å². The molecule has 0 heterocycles. The largest absolute Gasteiger partial charge is 0.291 e. The smallest absolute Gasteiger partial charge is 0.0991 e. The third-order valence-electron chi connectivity index (χ3n) is 2.34. The van der Waals surface area contributed by atoms with Crippen LogP contribution < -0.4 is 5.32 Å². The standard InChI is InChI=1S/C11H14N2/c1-2-8-13-11(9-12)10-6-4-3-5-7-10/h1,3-4,10-11,13H,5-8H2. The van der Waals surface area contributed by atoms with Gasteiger partial charge in [0.25, 0.3) is 0 Å². The molecule has 0 aliphatic heterocycles. The molecule has 68 valence electrons. The molecule has 1 rings (SSSR count). The maximum Gasteiger partial charge on any atom is 0.0991 e. The fraction of sp³-hybridized carbons (Fsp3) is 0.545. The van der Waals surface area contributed by atoms with E-state index >= 15 is 0 Å². The van der Waals surface area contributed by atoms with Gasteiger partial charge in [0.1, 0.15) is 0 Å². The first-order valence-corrected chi connectivity index (χ1v) is 4.60. The summed E-state index contributed by atoms with van der Waals surface area (Å²) >= 11 is 0. The molecule has 1 aliphatic carbocycles. The quantitative estimate of drug-likeness (QED) is 0.519. The van der Waals surface area contributed by atoms with Crippen LogP contribution in [0.4, 0.5) is 0 Å². The highest BCUT2D eigenvalue weighted by molar-refractivity contribution is 5.03. The second-order valence-electron chi connectivity index (χ2n) is 3.24. The Morgan fingerprint density at radius 2 is 2.46 bits per heavy atom. The van der Waals surface area contributed by atoms with Gasteiger partial charge in [0.05, 0.1) is 18.7 Å². The molecule has 0 aromatic heterocycles. The summed E-state index contributed by atoms with van der Waals surface area (Å²) in [4.78, 5) is 0. The maximum absolute atomic E-state index is 8.90. The van der Waals surface area contributed by atoms with E-state index in [-0.39, 0.29) is 6.04 Å². The molecule has 2 atom stereocenters. The first kappa shape index (κ1) is 9.84. The van der Waals surface area contributed by atoms with Crippen LogP contribution in [0.25, 0.3) is 0 Å². The Labute approximate surface area is 79.6 Å². The van der Waals surface area contributed by atoms with Crippen LogP contribution in [-0.4, -0.2) is 12.6 Å². The average molecular weight is 174 g/mol. The molecule has 1 N–H and O–H groups in total. The zero-order valence-electron chi connectivity index (χ0n) is 7.66. The molecule has 0 aromatic rings. The second kappa shape index (κ2) is 5.41. The first-order chi connectivity index (χ1) is 6.38. The highest BCUT2D eigenvalue weighted by atomic mass is 14.9. The van der Waals surface area contributed by atoms with Gasteiger partial charge in [0, 0.05) is 0 Å². The monoisotopic (exact) mass is 174 g/mol. The summed E-state index contributed by atoms with van der Waals surface area (Å²) in [5.41, 5.74) is 0. The summed E-state index contributed by atoms with van der Waals surface area (Å²) in [6.45, 7) is 0.485. The van der Waals surface area contributed by atoms with Crippen molar-refractivity contribution in [1.82, 2.24) is 5.32 Å². The Morgan fingerprint density at radius 1 is 1.62 bits per heavy atom. The number of hydrogen-bond donors (Lipinski definition) is 1. The number of allylic oxidation sites excluding steroid dienone is 2. The van der Waals surface area contributed by atoms with E-state index in [9.17, 15) is 0 Å². The van der Waals surface area contributed by atoms with Crippen LogP contribution in [0.2, 0.25) is 0 Å². The minimum atomic E-state index is -0.0824. The molecule has 13 heavy (non-hydrogen) atoms. The lowest BCUT2D eigenvalue weighted by molar-refractivity contribution is 0.394. The van der Waals surface area contributed by atoms with Crippen LogP contribution in [0, 0.1) is 29.6 Å². The Kier molecular flexibility index (Phi) is 4.09. The lowest BCUT2D eigenvalue weighted by atomic mass is 9.88. The van der Waals surface area contributed by atoms with E-state index in [1.165, 1.54) is 0 Å². The third kappa shape index (κ3) is 2.93. The van der Waals surface area contributed by atoms with E-state index in [2.05, 4.69) is 29.5 Å². The molecular formula is C11H14N2. The maximum atomic E-state index is 8.90. The van der Waals surface area contributed by atoms with Crippen molar-refractivity contribution < 1.29 is 0 Å². The lowest BCUT2D eigenvalue weighted by Gasteiger charge is -2.22. The Hall–Kier alpha value is -1.25. The van der Waals surface area contributed by atoms with Gasteiger partial charge in [-0.25, -0.2) is 0 Å². The predicted molar refractivity (Wildman–Crippen MR) is 52.7 cm³/mol. The molecule has 0 saturated heterocycles. The molecule has 2 unspecified atom stereocenters. The van der Waals surface area contributed by atoms with E-state index < -0.39 is 0 Å². The highest BCUT2D eigenvalue weighted by Crippen LogP contribution is 2.21. The molecule has 0 spiro atoms. The average Bonchev–Trinajstić information content (AvgIpc) is 2.21. The van der Waals surface area contributed by atoms with Gasteiger partial charge in [0.15, 0.2) is 0 Å². The summed E-state index contributed by atoms with van der Waals surface area (Å²) in [5, 5.41) is 12.0. The number of nitrogens with zero attached hydrogens (tertiary/aromatic N) is 1. The molecule has 0 aromatic carbocycles. The van der Waals surface area contributed by atoms with Crippen LogP contribution in [-0.2, 0) is 0 Å². The molecule has 0 fully saturated rings. The van der Waals surface area contributed by atoms with Crippen LogP contribution in [0.5, 0.6) is 0 Å². The van der Waals surface area contributed by atoms with Crippen molar-refractivity contribution in [2.24, 2.45) is 5.92 Å². The molecule has 2 nitrogen and oxygen atoms in total. The summed E-state index contributed by atoms with van der Waals surface area (Å²) < 4.78 is 0. The van der Waals surface area contributed by atoms with E-state index in [0.717, 1.165) is 19.3 Å². The van der Waals surface area contributed by atoms with Crippen molar-refractivity contribution >= 4 is 0 Å². The zero-order chi connectivity index (χ0) is 9.52. The Bertz CT molecular complexity index is 254. The van der Waals surface area contributed by atoms with Crippen molar-refractivity contribution in [2.45, 2.75) is 25.3 Å². The number of hydrogen-bond acceptors (Lipinski definition) is 2. The fourth-order valence-corrected chi connectivity index (χ4v) is 1.61. The predicted octanol–water partition coefficient (Wildman–Crippen LogP) is 1.46. The van der Waals surface area contributed by atoms with Crippen LogP contribution >= 0.6 is 0 Å². The van der Waals surface area contributed by atoms with E-state index in [1.54, 1.807) is 0 Å². The molecule has 0 amide bonds. The molecule has 0 saturated carbocycles. The van der Waals surface area contributed by atoms with Gasteiger partial charge in [-0.05, 0) is 25.2 Å². The Balaban J connectivity index is 2.42. The van der Waals surface area contributed by atoms with Crippen molar-refractivity contribution in [2.75, 3.05) is 6.54 Å². The van der Waals surface area contributed by atoms with Crippen LogP contribution in [0.1, 0.15) is 19.3 Å². The molecule has 0 bridgehead atoms. The van der Waals surface area contributed by atoms with Crippen LogP contribution in [0.15, 0.2) is 12.2 Å². The minimum absolute atomic E-state index is 0.0824.